The van der Waals surface area contributed by atoms with E-state index in [9.17, 15) is 4.39 Å². The summed E-state index contributed by atoms with van der Waals surface area (Å²) in [4.78, 5) is 0. The summed E-state index contributed by atoms with van der Waals surface area (Å²) in [6.07, 6.45) is 5.01. The predicted molar refractivity (Wildman–Crippen MR) is 76.6 cm³/mol. The molecule has 1 aromatic rings. The smallest absolute Gasteiger partial charge is 0.166 e. The summed E-state index contributed by atoms with van der Waals surface area (Å²) in [6.45, 7) is 4.45. The summed E-state index contributed by atoms with van der Waals surface area (Å²) >= 11 is 3.21. The lowest BCUT2D eigenvalue weighted by atomic mass is 10.2. The fraction of sp³-hybridized carbons (Fsp3) is 0.571. The molecule has 0 bridgehead atoms. The predicted octanol–water partition coefficient (Wildman–Crippen LogP) is 4.14. The molecule has 0 saturated carbocycles. The Labute approximate surface area is 117 Å². The maximum absolute atomic E-state index is 13.4. The van der Waals surface area contributed by atoms with Crippen molar-refractivity contribution in [1.82, 2.24) is 5.32 Å². The highest BCUT2D eigenvalue weighted by atomic mass is 79.9. The molecule has 18 heavy (non-hydrogen) atoms. The molecule has 102 valence electrons. The molecule has 1 aromatic carbocycles. The lowest BCUT2D eigenvalue weighted by molar-refractivity contribution is 0.298. The van der Waals surface area contributed by atoms with Crippen molar-refractivity contribution in [3.8, 4) is 5.75 Å². The minimum absolute atomic E-state index is 0.311. The molecule has 0 aliphatic rings. The summed E-state index contributed by atoms with van der Waals surface area (Å²) in [7, 11) is 0. The van der Waals surface area contributed by atoms with E-state index in [0.717, 1.165) is 17.6 Å². The van der Waals surface area contributed by atoms with Crippen molar-refractivity contribution in [2.24, 2.45) is 0 Å². The van der Waals surface area contributed by atoms with E-state index >= 15 is 0 Å². The number of halogens is 2. The van der Waals surface area contributed by atoms with Crippen LogP contribution in [0.2, 0.25) is 0 Å². The third kappa shape index (κ3) is 6.36. The van der Waals surface area contributed by atoms with Gasteiger partial charge in [0.15, 0.2) is 11.6 Å². The van der Waals surface area contributed by atoms with Crippen molar-refractivity contribution < 1.29 is 9.13 Å². The van der Waals surface area contributed by atoms with Gasteiger partial charge in [0.25, 0.3) is 0 Å². The van der Waals surface area contributed by atoms with Crippen LogP contribution in [-0.4, -0.2) is 19.7 Å². The van der Waals surface area contributed by atoms with Gasteiger partial charge in [-0.3, -0.25) is 0 Å². The van der Waals surface area contributed by atoms with Crippen LogP contribution < -0.4 is 10.1 Å². The molecule has 1 N–H and O–H groups in total. The SMILES string of the molecule is CCCCCCNCCOc1ccc(Br)cc1F. The summed E-state index contributed by atoms with van der Waals surface area (Å²) in [5, 5.41) is 3.29. The van der Waals surface area contributed by atoms with Crippen LogP contribution in [0.5, 0.6) is 5.75 Å². The molecular formula is C14H21BrFNO. The second-order valence-corrected chi connectivity index (χ2v) is 5.15. The number of nitrogens with one attached hydrogen (secondary N) is 1. The van der Waals surface area contributed by atoms with Crippen molar-refractivity contribution in [2.45, 2.75) is 32.6 Å². The Morgan fingerprint density at radius 1 is 1.22 bits per heavy atom. The number of ether oxygens (including phenoxy) is 1. The van der Waals surface area contributed by atoms with E-state index in [4.69, 9.17) is 4.74 Å². The monoisotopic (exact) mass is 317 g/mol. The minimum atomic E-state index is -0.327. The van der Waals surface area contributed by atoms with E-state index in [1.54, 1.807) is 12.1 Å². The molecule has 0 saturated heterocycles. The van der Waals surface area contributed by atoms with Gasteiger partial charge in [0.1, 0.15) is 6.61 Å². The van der Waals surface area contributed by atoms with E-state index in [-0.39, 0.29) is 5.82 Å². The van der Waals surface area contributed by atoms with Crippen LogP contribution in [0.1, 0.15) is 32.6 Å². The maximum atomic E-state index is 13.4. The van der Waals surface area contributed by atoms with Crippen LogP contribution in [0.15, 0.2) is 22.7 Å². The normalized spacial score (nSPS) is 10.6. The first-order valence-corrected chi connectivity index (χ1v) is 7.32. The first-order valence-electron chi connectivity index (χ1n) is 6.52. The van der Waals surface area contributed by atoms with Crippen LogP contribution in [0.4, 0.5) is 4.39 Å². The molecule has 0 aliphatic carbocycles. The first kappa shape index (κ1) is 15.4. The molecule has 2 nitrogen and oxygen atoms in total. The van der Waals surface area contributed by atoms with Crippen molar-refractivity contribution in [1.29, 1.82) is 0 Å². The van der Waals surface area contributed by atoms with Gasteiger partial charge in [-0.2, -0.15) is 0 Å². The van der Waals surface area contributed by atoms with Gasteiger partial charge >= 0.3 is 0 Å². The molecule has 4 heteroatoms. The van der Waals surface area contributed by atoms with E-state index in [1.165, 1.54) is 31.7 Å². The molecule has 0 radical (unpaired) electrons. The zero-order chi connectivity index (χ0) is 13.2. The van der Waals surface area contributed by atoms with E-state index in [0.29, 0.717) is 12.4 Å². The van der Waals surface area contributed by atoms with Gasteiger partial charge in [0.05, 0.1) is 0 Å². The highest BCUT2D eigenvalue weighted by Crippen LogP contribution is 2.21. The molecule has 0 unspecified atom stereocenters. The van der Waals surface area contributed by atoms with Crippen molar-refractivity contribution in [3.63, 3.8) is 0 Å². The molecular weight excluding hydrogens is 297 g/mol. The second-order valence-electron chi connectivity index (χ2n) is 4.23. The third-order valence-corrected chi connectivity index (χ3v) is 3.13. The van der Waals surface area contributed by atoms with Crippen LogP contribution in [0.3, 0.4) is 0 Å². The highest BCUT2D eigenvalue weighted by Gasteiger charge is 2.02. The minimum Gasteiger partial charge on any atom is -0.489 e. The fourth-order valence-electron chi connectivity index (χ4n) is 1.63. The van der Waals surface area contributed by atoms with Gasteiger partial charge in [-0.25, -0.2) is 4.39 Å². The van der Waals surface area contributed by atoms with Gasteiger partial charge in [-0.15, -0.1) is 0 Å². The lowest BCUT2D eigenvalue weighted by Gasteiger charge is -2.08. The fourth-order valence-corrected chi connectivity index (χ4v) is 1.96. The Morgan fingerprint density at radius 3 is 2.78 bits per heavy atom. The van der Waals surface area contributed by atoms with E-state index in [2.05, 4.69) is 28.2 Å². The van der Waals surface area contributed by atoms with Crippen molar-refractivity contribution in [3.05, 3.63) is 28.5 Å². The number of hydrogen-bond acceptors (Lipinski definition) is 2. The highest BCUT2D eigenvalue weighted by molar-refractivity contribution is 9.10. The molecule has 0 amide bonds. The van der Waals surface area contributed by atoms with Crippen LogP contribution >= 0.6 is 15.9 Å². The Hall–Kier alpha value is -0.610. The van der Waals surface area contributed by atoms with Gasteiger partial charge in [0.2, 0.25) is 0 Å². The Balaban J connectivity index is 2.07. The quantitative estimate of drug-likeness (QED) is 0.691. The van der Waals surface area contributed by atoms with Crippen molar-refractivity contribution >= 4 is 15.9 Å². The number of hydrogen-bond donors (Lipinski definition) is 1. The van der Waals surface area contributed by atoms with E-state index in [1.807, 2.05) is 0 Å². The van der Waals surface area contributed by atoms with Crippen LogP contribution in [0, 0.1) is 5.82 Å². The maximum Gasteiger partial charge on any atom is 0.166 e. The topological polar surface area (TPSA) is 21.3 Å². The molecule has 1 rings (SSSR count). The Kier molecular flexibility index (Phi) is 8.01. The largest absolute Gasteiger partial charge is 0.489 e. The lowest BCUT2D eigenvalue weighted by Crippen LogP contribution is -2.22. The molecule has 0 fully saturated rings. The molecule has 0 aromatic heterocycles. The molecule has 0 spiro atoms. The zero-order valence-corrected chi connectivity index (χ0v) is 12.4. The number of rotatable bonds is 9. The van der Waals surface area contributed by atoms with Gasteiger partial charge in [0, 0.05) is 11.0 Å². The first-order chi connectivity index (χ1) is 8.74. The standard InChI is InChI=1S/C14H21BrFNO/c1-2-3-4-5-8-17-9-10-18-14-7-6-12(15)11-13(14)16/h6-7,11,17H,2-5,8-10H2,1H3. The van der Waals surface area contributed by atoms with Crippen LogP contribution in [-0.2, 0) is 0 Å². The molecule has 0 heterocycles. The van der Waals surface area contributed by atoms with Crippen molar-refractivity contribution in [2.75, 3.05) is 19.7 Å². The average molecular weight is 318 g/mol. The molecule has 0 atom stereocenters. The number of benzene rings is 1. The Bertz CT molecular complexity index is 347. The summed E-state index contributed by atoms with van der Waals surface area (Å²) in [5.41, 5.74) is 0. The van der Waals surface area contributed by atoms with Gasteiger partial charge in [-0.05, 0) is 31.2 Å². The summed E-state index contributed by atoms with van der Waals surface area (Å²) < 4.78 is 19.5. The average Bonchev–Trinajstić information content (AvgIpc) is 2.35. The summed E-state index contributed by atoms with van der Waals surface area (Å²) in [5.74, 6) is -0.0155. The Morgan fingerprint density at radius 2 is 2.06 bits per heavy atom. The van der Waals surface area contributed by atoms with E-state index < -0.39 is 0 Å². The van der Waals surface area contributed by atoms with Crippen LogP contribution in [0.25, 0.3) is 0 Å². The third-order valence-electron chi connectivity index (χ3n) is 2.64. The molecule has 0 aliphatic heterocycles. The van der Waals surface area contributed by atoms with Gasteiger partial charge < -0.3 is 10.1 Å². The second kappa shape index (κ2) is 9.34. The zero-order valence-electron chi connectivity index (χ0n) is 10.8. The number of unbranched alkanes of at least 4 members (excludes halogenated alkanes) is 3. The summed E-state index contributed by atoms with van der Waals surface area (Å²) in [6, 6.07) is 4.82. The van der Waals surface area contributed by atoms with Gasteiger partial charge in [-0.1, -0.05) is 42.1 Å².